The van der Waals surface area contributed by atoms with E-state index in [0.717, 1.165) is 30.6 Å². The molecule has 2 amide bonds. The molecular weight excluding hydrogens is 338 g/mol. The molecule has 0 fully saturated rings. The molecule has 0 aromatic heterocycles. The molecular formula is C19H22ClN3O2. The van der Waals surface area contributed by atoms with Crippen molar-refractivity contribution in [1.82, 2.24) is 5.32 Å². The lowest BCUT2D eigenvalue weighted by Crippen LogP contribution is -2.24. The summed E-state index contributed by atoms with van der Waals surface area (Å²) in [5.41, 5.74) is 4.04. The van der Waals surface area contributed by atoms with E-state index >= 15 is 0 Å². The Morgan fingerprint density at radius 1 is 1.08 bits per heavy atom. The van der Waals surface area contributed by atoms with E-state index < -0.39 is 0 Å². The highest BCUT2D eigenvalue weighted by atomic mass is 35.5. The van der Waals surface area contributed by atoms with E-state index in [1.165, 1.54) is 0 Å². The van der Waals surface area contributed by atoms with E-state index in [-0.39, 0.29) is 24.2 Å². The molecule has 0 spiro atoms. The molecule has 25 heavy (non-hydrogen) atoms. The quantitative estimate of drug-likeness (QED) is 0.765. The Morgan fingerprint density at radius 3 is 2.68 bits per heavy atom. The maximum atomic E-state index is 12.4. The number of carbonyl (C=O) groups is 2. The molecule has 0 saturated heterocycles. The minimum atomic E-state index is -0.171. The number of fused-ring (bicyclic) bond motifs is 1. The average Bonchev–Trinajstić information content (AvgIpc) is 3.07. The molecule has 132 valence electrons. The highest BCUT2D eigenvalue weighted by Crippen LogP contribution is 2.23. The Morgan fingerprint density at radius 2 is 1.88 bits per heavy atom. The summed E-state index contributed by atoms with van der Waals surface area (Å²) in [4.78, 5) is 24.4. The zero-order valence-electron chi connectivity index (χ0n) is 14.1. The lowest BCUT2D eigenvalue weighted by Gasteiger charge is -2.09. The summed E-state index contributed by atoms with van der Waals surface area (Å²) in [6.45, 7) is 3.55. The number of hydrogen-bond acceptors (Lipinski definition) is 3. The van der Waals surface area contributed by atoms with Crippen LogP contribution in [0.5, 0.6) is 0 Å². The molecule has 0 saturated carbocycles. The van der Waals surface area contributed by atoms with Crippen LogP contribution in [0, 0.1) is 0 Å². The molecule has 0 atom stereocenters. The van der Waals surface area contributed by atoms with Crippen LogP contribution in [0.1, 0.15) is 39.6 Å². The number of carbonyl (C=O) groups excluding carboxylic acids is 2. The van der Waals surface area contributed by atoms with Crippen LogP contribution in [0.25, 0.3) is 0 Å². The van der Waals surface area contributed by atoms with Gasteiger partial charge in [0, 0.05) is 35.6 Å². The fourth-order valence-corrected chi connectivity index (χ4v) is 2.73. The maximum absolute atomic E-state index is 12.4. The number of nitrogens with one attached hydrogen (secondary N) is 3. The molecule has 1 aliphatic heterocycles. The van der Waals surface area contributed by atoms with Crippen LogP contribution in [-0.4, -0.2) is 24.9 Å². The fraction of sp³-hybridized carbons (Fsp3) is 0.263. The topological polar surface area (TPSA) is 70.2 Å². The Balaban J connectivity index is 0.00000225. The smallest absolute Gasteiger partial charge is 0.255 e. The Bertz CT molecular complexity index is 777. The summed E-state index contributed by atoms with van der Waals surface area (Å²) < 4.78 is 0. The number of hydrogen-bond donors (Lipinski definition) is 3. The van der Waals surface area contributed by atoms with Crippen LogP contribution < -0.4 is 16.0 Å². The molecule has 6 heteroatoms. The van der Waals surface area contributed by atoms with E-state index in [4.69, 9.17) is 0 Å². The first-order valence-electron chi connectivity index (χ1n) is 8.24. The predicted octanol–water partition coefficient (Wildman–Crippen LogP) is 3.47. The minimum Gasteiger partial charge on any atom is -0.384 e. The third-order valence-corrected chi connectivity index (χ3v) is 4.00. The number of anilines is 2. The lowest BCUT2D eigenvalue weighted by atomic mass is 10.1. The van der Waals surface area contributed by atoms with Gasteiger partial charge in [-0.3, -0.25) is 9.59 Å². The van der Waals surface area contributed by atoms with E-state index in [1.807, 2.05) is 25.1 Å². The second-order valence-electron chi connectivity index (χ2n) is 5.84. The van der Waals surface area contributed by atoms with E-state index in [9.17, 15) is 9.59 Å². The third kappa shape index (κ3) is 4.51. The van der Waals surface area contributed by atoms with Crippen molar-refractivity contribution in [1.29, 1.82) is 0 Å². The first-order chi connectivity index (χ1) is 11.7. The van der Waals surface area contributed by atoms with Gasteiger partial charge in [-0.2, -0.15) is 0 Å². The van der Waals surface area contributed by atoms with Crippen molar-refractivity contribution in [2.75, 3.05) is 23.7 Å². The number of benzene rings is 2. The second-order valence-corrected chi connectivity index (χ2v) is 5.84. The summed E-state index contributed by atoms with van der Waals surface area (Å²) in [7, 11) is 0. The van der Waals surface area contributed by atoms with Gasteiger partial charge in [0.15, 0.2) is 0 Å². The van der Waals surface area contributed by atoms with Crippen molar-refractivity contribution >= 4 is 35.6 Å². The van der Waals surface area contributed by atoms with Crippen LogP contribution in [0.2, 0.25) is 0 Å². The molecule has 0 unspecified atom stereocenters. The largest absolute Gasteiger partial charge is 0.384 e. The predicted molar refractivity (Wildman–Crippen MR) is 103 cm³/mol. The summed E-state index contributed by atoms with van der Waals surface area (Å²) in [5, 5.41) is 8.97. The van der Waals surface area contributed by atoms with E-state index in [1.54, 1.807) is 24.3 Å². The second kappa shape index (κ2) is 8.53. The van der Waals surface area contributed by atoms with Crippen molar-refractivity contribution in [2.24, 2.45) is 0 Å². The molecule has 3 rings (SSSR count). The van der Waals surface area contributed by atoms with Gasteiger partial charge in [0.05, 0.1) is 0 Å². The number of amides is 2. The number of rotatable bonds is 5. The van der Waals surface area contributed by atoms with E-state index in [0.29, 0.717) is 23.4 Å². The van der Waals surface area contributed by atoms with Gasteiger partial charge in [0.2, 0.25) is 0 Å². The first-order valence-corrected chi connectivity index (χ1v) is 8.24. The summed E-state index contributed by atoms with van der Waals surface area (Å²) in [5.74, 6) is -0.299. The fourth-order valence-electron chi connectivity index (χ4n) is 2.73. The van der Waals surface area contributed by atoms with Gasteiger partial charge in [-0.1, -0.05) is 13.0 Å². The van der Waals surface area contributed by atoms with Crippen LogP contribution in [0.4, 0.5) is 11.4 Å². The van der Waals surface area contributed by atoms with Gasteiger partial charge in [-0.05, 0) is 54.8 Å². The molecule has 0 bridgehead atoms. The zero-order valence-corrected chi connectivity index (χ0v) is 14.9. The van der Waals surface area contributed by atoms with E-state index in [2.05, 4.69) is 16.0 Å². The van der Waals surface area contributed by atoms with Gasteiger partial charge in [0.1, 0.15) is 0 Å². The first kappa shape index (κ1) is 18.8. The molecule has 3 N–H and O–H groups in total. The number of halogens is 1. The highest BCUT2D eigenvalue weighted by molar-refractivity contribution is 6.05. The van der Waals surface area contributed by atoms with Crippen molar-refractivity contribution < 1.29 is 9.59 Å². The molecule has 0 aliphatic carbocycles. The zero-order chi connectivity index (χ0) is 16.9. The van der Waals surface area contributed by atoms with Crippen molar-refractivity contribution in [3.63, 3.8) is 0 Å². The third-order valence-electron chi connectivity index (χ3n) is 4.00. The monoisotopic (exact) mass is 359 g/mol. The average molecular weight is 360 g/mol. The Labute approximate surface area is 153 Å². The summed E-state index contributed by atoms with van der Waals surface area (Å²) in [6.07, 6.45) is 1.82. The molecule has 1 aliphatic rings. The van der Waals surface area contributed by atoms with Crippen molar-refractivity contribution in [3.05, 3.63) is 59.2 Å². The normalized spacial score (nSPS) is 11.7. The van der Waals surface area contributed by atoms with Crippen LogP contribution in [0.15, 0.2) is 42.5 Å². The van der Waals surface area contributed by atoms with Gasteiger partial charge in [-0.25, -0.2) is 0 Å². The molecule has 0 radical (unpaired) electrons. The lowest BCUT2D eigenvalue weighted by molar-refractivity contribution is 0.0952. The van der Waals surface area contributed by atoms with Gasteiger partial charge in [-0.15, -0.1) is 12.4 Å². The van der Waals surface area contributed by atoms with Crippen molar-refractivity contribution in [2.45, 2.75) is 19.8 Å². The molecule has 5 nitrogen and oxygen atoms in total. The maximum Gasteiger partial charge on any atom is 0.255 e. The molecule has 1 heterocycles. The molecule has 2 aromatic carbocycles. The van der Waals surface area contributed by atoms with Crippen molar-refractivity contribution in [3.8, 4) is 0 Å². The minimum absolute atomic E-state index is 0. The Hall–Kier alpha value is -2.53. The van der Waals surface area contributed by atoms with Gasteiger partial charge < -0.3 is 16.0 Å². The van der Waals surface area contributed by atoms with Gasteiger partial charge in [0.25, 0.3) is 11.8 Å². The Kier molecular flexibility index (Phi) is 6.42. The van der Waals surface area contributed by atoms with Gasteiger partial charge >= 0.3 is 0 Å². The summed E-state index contributed by atoms with van der Waals surface area (Å²) in [6, 6.07) is 12.6. The molecule has 2 aromatic rings. The van der Waals surface area contributed by atoms with Crippen LogP contribution >= 0.6 is 12.4 Å². The summed E-state index contributed by atoms with van der Waals surface area (Å²) >= 11 is 0. The SMILES string of the molecule is CCCNC(=O)c1cccc(NC(=O)c2ccc3c(c2)CCN3)c1.Cl. The van der Waals surface area contributed by atoms with Crippen LogP contribution in [0.3, 0.4) is 0 Å². The van der Waals surface area contributed by atoms with Crippen LogP contribution in [-0.2, 0) is 6.42 Å². The highest BCUT2D eigenvalue weighted by Gasteiger charge is 2.14. The standard InChI is InChI=1S/C19H21N3O2.ClH/c1-2-9-21-18(23)14-4-3-5-16(12-14)22-19(24)15-6-7-17-13(11-15)8-10-20-17;/h3-7,11-12,20H,2,8-10H2,1H3,(H,21,23)(H,22,24);1H.